The first-order chi connectivity index (χ1) is 6.68. The molecule has 4 nitrogen and oxygen atoms in total. The number of thiazole rings is 1. The average Bonchev–Trinajstić information content (AvgIpc) is 2.73. The van der Waals surface area contributed by atoms with E-state index in [9.17, 15) is 5.11 Å². The first-order valence-electron chi connectivity index (χ1n) is 3.93. The topological polar surface area (TPSA) is 50.9 Å². The monoisotopic (exact) mass is 273 g/mol. The number of imidazole rings is 1. The van der Waals surface area contributed by atoms with Crippen LogP contribution in [-0.4, -0.2) is 19.6 Å². The fourth-order valence-corrected chi connectivity index (χ4v) is 2.53. The molecule has 14 heavy (non-hydrogen) atoms. The maximum absolute atomic E-state index is 9.94. The predicted molar refractivity (Wildman–Crippen MR) is 57.1 cm³/mol. The zero-order valence-electron chi connectivity index (χ0n) is 7.38. The van der Waals surface area contributed by atoms with E-state index in [0.717, 1.165) is 4.88 Å². The van der Waals surface area contributed by atoms with Crippen molar-refractivity contribution in [2.24, 2.45) is 7.05 Å². The van der Waals surface area contributed by atoms with E-state index in [1.54, 1.807) is 22.6 Å². The molecule has 2 aromatic rings. The molecule has 0 aliphatic rings. The standard InChI is InChI=1S/C8H8BrN3OS/c1-12-2-5(10-3-12)6(13)7-8(9)11-4-14-7/h2-4,6,13H,1H3. The number of rotatable bonds is 2. The van der Waals surface area contributed by atoms with Gasteiger partial charge in [0.05, 0.1) is 22.4 Å². The number of aryl methyl sites for hydroxylation is 1. The van der Waals surface area contributed by atoms with Gasteiger partial charge in [-0.2, -0.15) is 0 Å². The Bertz CT molecular complexity index is 439. The van der Waals surface area contributed by atoms with Crippen molar-refractivity contribution >= 4 is 27.3 Å². The highest BCUT2D eigenvalue weighted by molar-refractivity contribution is 9.10. The number of hydrogen-bond acceptors (Lipinski definition) is 4. The van der Waals surface area contributed by atoms with Gasteiger partial charge in [0.15, 0.2) is 0 Å². The van der Waals surface area contributed by atoms with Gasteiger partial charge in [0.1, 0.15) is 10.7 Å². The van der Waals surface area contributed by atoms with Crippen molar-refractivity contribution in [3.63, 3.8) is 0 Å². The van der Waals surface area contributed by atoms with E-state index in [-0.39, 0.29) is 0 Å². The van der Waals surface area contributed by atoms with E-state index < -0.39 is 6.10 Å². The Morgan fingerprint density at radius 2 is 2.36 bits per heavy atom. The Morgan fingerprint density at radius 3 is 2.86 bits per heavy atom. The van der Waals surface area contributed by atoms with Crippen LogP contribution in [-0.2, 0) is 7.05 Å². The van der Waals surface area contributed by atoms with Crippen LogP contribution in [0.2, 0.25) is 0 Å². The molecule has 0 bridgehead atoms. The lowest BCUT2D eigenvalue weighted by Gasteiger charge is -2.04. The van der Waals surface area contributed by atoms with Gasteiger partial charge in [-0.3, -0.25) is 0 Å². The molecule has 0 saturated heterocycles. The summed E-state index contributed by atoms with van der Waals surface area (Å²) in [5.41, 5.74) is 2.32. The molecule has 2 aromatic heterocycles. The number of nitrogens with zero attached hydrogens (tertiary/aromatic N) is 3. The third-order valence-electron chi connectivity index (χ3n) is 1.80. The van der Waals surface area contributed by atoms with E-state index in [0.29, 0.717) is 10.3 Å². The fraction of sp³-hybridized carbons (Fsp3) is 0.250. The van der Waals surface area contributed by atoms with E-state index in [1.807, 2.05) is 7.05 Å². The Labute approximate surface area is 93.4 Å². The highest BCUT2D eigenvalue weighted by atomic mass is 79.9. The SMILES string of the molecule is Cn1cnc(C(O)c2scnc2Br)c1. The van der Waals surface area contributed by atoms with Gasteiger partial charge in [-0.25, -0.2) is 9.97 Å². The number of aliphatic hydroxyl groups is 1. The Morgan fingerprint density at radius 1 is 1.57 bits per heavy atom. The second-order valence-electron chi connectivity index (χ2n) is 2.87. The normalized spacial score (nSPS) is 13.1. The second kappa shape index (κ2) is 3.80. The zero-order chi connectivity index (χ0) is 10.1. The summed E-state index contributed by atoms with van der Waals surface area (Å²) in [5.74, 6) is 0. The van der Waals surface area contributed by atoms with Crippen molar-refractivity contribution in [3.8, 4) is 0 Å². The van der Waals surface area contributed by atoms with Gasteiger partial charge < -0.3 is 9.67 Å². The van der Waals surface area contributed by atoms with Crippen LogP contribution in [0.5, 0.6) is 0 Å². The van der Waals surface area contributed by atoms with Gasteiger partial charge in [0.2, 0.25) is 0 Å². The Hall–Kier alpha value is -0.720. The summed E-state index contributed by atoms with van der Waals surface area (Å²) in [7, 11) is 1.87. The lowest BCUT2D eigenvalue weighted by atomic mass is 10.2. The Balaban J connectivity index is 2.33. The summed E-state index contributed by atoms with van der Waals surface area (Å²) in [5, 5.41) is 9.94. The number of hydrogen-bond donors (Lipinski definition) is 1. The minimum absolute atomic E-state index is 0.637. The molecule has 0 amide bonds. The molecule has 2 heterocycles. The van der Waals surface area contributed by atoms with Crippen molar-refractivity contribution in [1.82, 2.24) is 14.5 Å². The molecule has 0 aliphatic heterocycles. The smallest absolute Gasteiger partial charge is 0.134 e. The number of aliphatic hydroxyl groups excluding tert-OH is 1. The maximum Gasteiger partial charge on any atom is 0.134 e. The molecule has 0 radical (unpaired) electrons. The van der Waals surface area contributed by atoms with E-state index >= 15 is 0 Å². The lowest BCUT2D eigenvalue weighted by Crippen LogP contribution is -1.98. The summed E-state index contributed by atoms with van der Waals surface area (Å²) < 4.78 is 2.48. The van der Waals surface area contributed by atoms with E-state index in [2.05, 4.69) is 25.9 Å². The average molecular weight is 274 g/mol. The minimum Gasteiger partial charge on any atom is -0.381 e. The van der Waals surface area contributed by atoms with Crippen molar-refractivity contribution in [3.05, 3.63) is 33.2 Å². The third kappa shape index (κ3) is 1.73. The molecule has 1 unspecified atom stereocenters. The van der Waals surface area contributed by atoms with Crippen LogP contribution in [0.15, 0.2) is 22.6 Å². The first kappa shape index (κ1) is 9.82. The van der Waals surface area contributed by atoms with E-state index in [1.165, 1.54) is 11.3 Å². The van der Waals surface area contributed by atoms with Gasteiger partial charge in [0, 0.05) is 13.2 Å². The zero-order valence-corrected chi connectivity index (χ0v) is 9.79. The predicted octanol–water partition coefficient (Wildman–Crippen LogP) is 1.72. The van der Waals surface area contributed by atoms with Crippen molar-refractivity contribution in [2.45, 2.75) is 6.10 Å². The highest BCUT2D eigenvalue weighted by Crippen LogP contribution is 2.29. The third-order valence-corrected chi connectivity index (χ3v) is 3.58. The van der Waals surface area contributed by atoms with Gasteiger partial charge in [-0.05, 0) is 15.9 Å². The lowest BCUT2D eigenvalue weighted by molar-refractivity contribution is 0.218. The molecule has 6 heteroatoms. The molecular formula is C8H8BrN3OS. The molecule has 0 aromatic carbocycles. The molecular weight excluding hydrogens is 266 g/mol. The summed E-state index contributed by atoms with van der Waals surface area (Å²) >= 11 is 4.68. The highest BCUT2D eigenvalue weighted by Gasteiger charge is 2.17. The first-order valence-corrected chi connectivity index (χ1v) is 5.60. The van der Waals surface area contributed by atoms with Crippen LogP contribution >= 0.6 is 27.3 Å². The van der Waals surface area contributed by atoms with Gasteiger partial charge in [0.25, 0.3) is 0 Å². The second-order valence-corrected chi connectivity index (χ2v) is 4.51. The van der Waals surface area contributed by atoms with Crippen molar-refractivity contribution < 1.29 is 5.11 Å². The van der Waals surface area contributed by atoms with Crippen LogP contribution in [0.25, 0.3) is 0 Å². The van der Waals surface area contributed by atoms with Crippen molar-refractivity contribution in [1.29, 1.82) is 0 Å². The maximum atomic E-state index is 9.94. The minimum atomic E-state index is -0.696. The van der Waals surface area contributed by atoms with Gasteiger partial charge in [-0.1, -0.05) is 0 Å². The van der Waals surface area contributed by atoms with Gasteiger partial charge >= 0.3 is 0 Å². The largest absolute Gasteiger partial charge is 0.381 e. The summed E-state index contributed by atoms with van der Waals surface area (Å²) in [4.78, 5) is 8.88. The van der Waals surface area contributed by atoms with Crippen LogP contribution in [0.1, 0.15) is 16.7 Å². The number of halogens is 1. The molecule has 1 N–H and O–H groups in total. The molecule has 2 rings (SSSR count). The number of aromatic nitrogens is 3. The summed E-state index contributed by atoms with van der Waals surface area (Å²) in [6, 6.07) is 0. The molecule has 0 saturated carbocycles. The van der Waals surface area contributed by atoms with Crippen LogP contribution in [0, 0.1) is 0 Å². The fourth-order valence-electron chi connectivity index (χ4n) is 1.13. The van der Waals surface area contributed by atoms with E-state index in [4.69, 9.17) is 0 Å². The van der Waals surface area contributed by atoms with Crippen LogP contribution < -0.4 is 0 Å². The molecule has 0 spiro atoms. The Kier molecular flexibility index (Phi) is 2.66. The quantitative estimate of drug-likeness (QED) is 0.907. The summed E-state index contributed by atoms with van der Waals surface area (Å²) in [6.07, 6.45) is 2.75. The van der Waals surface area contributed by atoms with Gasteiger partial charge in [-0.15, -0.1) is 11.3 Å². The molecule has 0 aliphatic carbocycles. The molecule has 1 atom stereocenters. The van der Waals surface area contributed by atoms with Crippen LogP contribution in [0.4, 0.5) is 0 Å². The molecule has 0 fully saturated rings. The van der Waals surface area contributed by atoms with Crippen LogP contribution in [0.3, 0.4) is 0 Å². The van der Waals surface area contributed by atoms with Crippen molar-refractivity contribution in [2.75, 3.05) is 0 Å². The molecule has 74 valence electrons. The summed E-state index contributed by atoms with van der Waals surface area (Å²) in [6.45, 7) is 0.